The highest BCUT2D eigenvalue weighted by atomic mass is 32.2. The van der Waals surface area contributed by atoms with Crippen molar-refractivity contribution >= 4 is 23.6 Å². The summed E-state index contributed by atoms with van der Waals surface area (Å²) in [4.78, 5) is 25.9. The highest BCUT2D eigenvalue weighted by Crippen LogP contribution is 2.37. The van der Waals surface area contributed by atoms with Gasteiger partial charge in [0.25, 0.3) is 0 Å². The Morgan fingerprint density at radius 1 is 1.11 bits per heavy atom. The molecule has 2 aromatic carbocycles. The molecule has 1 heterocycles. The molecule has 1 amide bonds. The van der Waals surface area contributed by atoms with E-state index >= 15 is 0 Å². The minimum absolute atomic E-state index is 0.0298. The molecule has 6 nitrogen and oxygen atoms in total. The molecule has 0 saturated heterocycles. The summed E-state index contributed by atoms with van der Waals surface area (Å²) in [6.07, 6.45) is 0.700. The first kappa shape index (κ1) is 20.1. The maximum atomic E-state index is 12.9. The lowest BCUT2D eigenvalue weighted by atomic mass is 10.0. The van der Waals surface area contributed by atoms with Gasteiger partial charge in [0.1, 0.15) is 0 Å². The van der Waals surface area contributed by atoms with Gasteiger partial charge in [-0.15, -0.1) is 11.8 Å². The molecule has 0 unspecified atom stereocenters. The summed E-state index contributed by atoms with van der Waals surface area (Å²) in [5.41, 5.74) is 1.92. The zero-order valence-electron chi connectivity index (χ0n) is 16.1. The summed E-state index contributed by atoms with van der Waals surface area (Å²) < 4.78 is 15.4. The first-order chi connectivity index (χ1) is 13.5. The Morgan fingerprint density at radius 2 is 1.86 bits per heavy atom. The molecular formula is C21H23NO5S. The Morgan fingerprint density at radius 3 is 2.54 bits per heavy atom. The van der Waals surface area contributed by atoms with E-state index in [-0.39, 0.29) is 17.6 Å². The molecule has 0 spiro atoms. The maximum absolute atomic E-state index is 12.9. The van der Waals surface area contributed by atoms with E-state index in [4.69, 9.17) is 14.2 Å². The van der Waals surface area contributed by atoms with Crippen LogP contribution in [0.2, 0.25) is 0 Å². The van der Waals surface area contributed by atoms with Crippen LogP contribution in [0.15, 0.2) is 47.4 Å². The van der Waals surface area contributed by atoms with Crippen LogP contribution < -0.4 is 14.8 Å². The first-order valence-electron chi connectivity index (χ1n) is 8.89. The fraction of sp³-hybridized carbons (Fsp3) is 0.333. The number of benzene rings is 2. The Balaban J connectivity index is 1.79. The Hall–Kier alpha value is -2.67. The van der Waals surface area contributed by atoms with Crippen molar-refractivity contribution in [3.8, 4) is 11.5 Å². The maximum Gasteiger partial charge on any atom is 0.307 e. The van der Waals surface area contributed by atoms with Crippen LogP contribution in [0.4, 0.5) is 0 Å². The number of thioether (sulfide) groups is 1. The fourth-order valence-corrected chi connectivity index (χ4v) is 4.37. The minimum atomic E-state index is -0.524. The van der Waals surface area contributed by atoms with Crippen molar-refractivity contribution in [2.75, 3.05) is 21.3 Å². The van der Waals surface area contributed by atoms with Crippen LogP contribution in [0, 0.1) is 0 Å². The summed E-state index contributed by atoms with van der Waals surface area (Å²) in [5, 5.41) is 2.78. The fourth-order valence-electron chi connectivity index (χ4n) is 3.16. The summed E-state index contributed by atoms with van der Waals surface area (Å²) in [6.45, 7) is 0. The van der Waals surface area contributed by atoms with Crippen molar-refractivity contribution in [2.24, 2.45) is 0 Å². The molecule has 3 rings (SSSR count). The zero-order chi connectivity index (χ0) is 20.1. The van der Waals surface area contributed by atoms with Crippen molar-refractivity contribution in [1.29, 1.82) is 0 Å². The normalized spacial score (nSPS) is 16.0. The number of rotatable bonds is 7. The molecule has 28 heavy (non-hydrogen) atoms. The molecule has 0 radical (unpaired) electrons. The molecule has 0 bridgehead atoms. The summed E-state index contributed by atoms with van der Waals surface area (Å²) in [6, 6.07) is 12.8. The first-order valence-corrected chi connectivity index (χ1v) is 9.77. The molecule has 148 valence electrons. The monoisotopic (exact) mass is 401 g/mol. The number of hydrogen-bond acceptors (Lipinski definition) is 6. The highest BCUT2D eigenvalue weighted by molar-refractivity contribution is 8.01. The lowest BCUT2D eigenvalue weighted by Gasteiger charge is -2.21. The van der Waals surface area contributed by atoms with E-state index in [9.17, 15) is 9.59 Å². The van der Waals surface area contributed by atoms with Gasteiger partial charge in [-0.3, -0.25) is 9.59 Å². The molecule has 1 N–H and O–H groups in total. The van der Waals surface area contributed by atoms with E-state index in [0.29, 0.717) is 17.9 Å². The predicted octanol–water partition coefficient (Wildman–Crippen LogP) is 3.14. The third-order valence-electron chi connectivity index (χ3n) is 4.66. The third kappa shape index (κ3) is 4.42. The second-order valence-electron chi connectivity index (χ2n) is 6.37. The number of fused-ring (bicyclic) bond motifs is 1. The van der Waals surface area contributed by atoms with E-state index in [2.05, 4.69) is 5.32 Å². The van der Waals surface area contributed by atoms with Gasteiger partial charge >= 0.3 is 5.97 Å². The van der Waals surface area contributed by atoms with E-state index in [1.807, 2.05) is 30.3 Å². The van der Waals surface area contributed by atoms with Crippen molar-refractivity contribution in [3.05, 3.63) is 53.6 Å². The van der Waals surface area contributed by atoms with Crippen LogP contribution in [0.1, 0.15) is 23.6 Å². The van der Waals surface area contributed by atoms with Gasteiger partial charge in [0.05, 0.1) is 39.0 Å². The molecule has 0 fully saturated rings. The van der Waals surface area contributed by atoms with Crippen molar-refractivity contribution in [3.63, 3.8) is 0 Å². The highest BCUT2D eigenvalue weighted by Gasteiger charge is 2.30. The number of amides is 1. The molecular weight excluding hydrogens is 378 g/mol. The summed E-state index contributed by atoms with van der Waals surface area (Å²) in [7, 11) is 4.43. The molecule has 2 aromatic rings. The van der Waals surface area contributed by atoms with Gasteiger partial charge < -0.3 is 19.5 Å². The standard InChI is InChI=1S/C21H23NO5S/c1-25-16-9-8-13(10-17(16)26-2)15(12-20(23)27-3)22-21(24)19-11-14-6-4-5-7-18(14)28-19/h4-10,15,19H,11-12H2,1-3H3,(H,22,24)/t15-,19-/m0/s1. The Kier molecular flexibility index (Phi) is 6.46. The minimum Gasteiger partial charge on any atom is -0.493 e. The Bertz CT molecular complexity index is 845. The SMILES string of the molecule is COC(=O)C[C@H](NC(=O)[C@@H]1Cc2ccccc2S1)c1ccc(OC)c(OC)c1. The second kappa shape index (κ2) is 9.01. The zero-order valence-corrected chi connectivity index (χ0v) is 16.9. The van der Waals surface area contributed by atoms with Crippen LogP contribution in [0.5, 0.6) is 11.5 Å². The molecule has 0 aliphatic carbocycles. The number of ether oxygens (including phenoxy) is 3. The van der Waals surface area contributed by atoms with Crippen molar-refractivity contribution in [2.45, 2.75) is 29.0 Å². The lowest BCUT2D eigenvalue weighted by Crippen LogP contribution is -2.36. The average Bonchev–Trinajstić information content (AvgIpc) is 3.17. The van der Waals surface area contributed by atoms with E-state index in [0.717, 1.165) is 10.5 Å². The molecule has 7 heteroatoms. The topological polar surface area (TPSA) is 73.9 Å². The van der Waals surface area contributed by atoms with Gasteiger partial charge in [-0.1, -0.05) is 24.3 Å². The third-order valence-corrected chi connectivity index (χ3v) is 5.98. The summed E-state index contributed by atoms with van der Waals surface area (Å²) in [5.74, 6) is 0.607. The van der Waals surface area contributed by atoms with Crippen LogP contribution in [-0.4, -0.2) is 38.5 Å². The number of methoxy groups -OCH3 is 3. The van der Waals surface area contributed by atoms with E-state index < -0.39 is 12.0 Å². The lowest BCUT2D eigenvalue weighted by molar-refractivity contribution is -0.141. The average molecular weight is 401 g/mol. The van der Waals surface area contributed by atoms with Gasteiger partial charge in [0.2, 0.25) is 5.91 Å². The quantitative estimate of drug-likeness (QED) is 0.719. The molecule has 1 aliphatic heterocycles. The van der Waals surface area contributed by atoms with E-state index in [1.54, 1.807) is 38.1 Å². The number of nitrogens with one attached hydrogen (secondary N) is 1. The van der Waals surface area contributed by atoms with Crippen LogP contribution in [0.25, 0.3) is 0 Å². The molecule has 1 aliphatic rings. The van der Waals surface area contributed by atoms with Crippen LogP contribution in [0.3, 0.4) is 0 Å². The number of carbonyl (C=O) groups excluding carboxylic acids is 2. The van der Waals surface area contributed by atoms with Gasteiger partial charge in [-0.2, -0.15) is 0 Å². The van der Waals surface area contributed by atoms with Crippen molar-refractivity contribution in [1.82, 2.24) is 5.32 Å². The number of hydrogen-bond donors (Lipinski definition) is 1. The molecule has 2 atom stereocenters. The summed E-state index contributed by atoms with van der Waals surface area (Å²) >= 11 is 1.55. The smallest absolute Gasteiger partial charge is 0.307 e. The van der Waals surface area contributed by atoms with Crippen molar-refractivity contribution < 1.29 is 23.8 Å². The van der Waals surface area contributed by atoms with Crippen LogP contribution in [-0.2, 0) is 20.7 Å². The van der Waals surface area contributed by atoms with E-state index in [1.165, 1.54) is 12.7 Å². The second-order valence-corrected chi connectivity index (χ2v) is 7.62. The number of carbonyl (C=O) groups is 2. The van der Waals surface area contributed by atoms with Gasteiger partial charge in [0, 0.05) is 4.90 Å². The Labute approximate surface area is 168 Å². The molecule has 0 aromatic heterocycles. The number of esters is 1. The van der Waals surface area contributed by atoms with Gasteiger partial charge in [-0.05, 0) is 35.7 Å². The van der Waals surface area contributed by atoms with Gasteiger partial charge in [-0.25, -0.2) is 0 Å². The van der Waals surface area contributed by atoms with Gasteiger partial charge in [0.15, 0.2) is 11.5 Å². The predicted molar refractivity (Wildman–Crippen MR) is 107 cm³/mol. The van der Waals surface area contributed by atoms with Crippen LogP contribution >= 0.6 is 11.8 Å². The largest absolute Gasteiger partial charge is 0.493 e. The molecule has 0 saturated carbocycles.